The van der Waals surface area contributed by atoms with E-state index in [-0.39, 0.29) is 10.8 Å². The van der Waals surface area contributed by atoms with Crippen molar-refractivity contribution in [3.05, 3.63) is 42.7 Å². The van der Waals surface area contributed by atoms with Gasteiger partial charge in [-0.25, -0.2) is 13.1 Å². The van der Waals surface area contributed by atoms with E-state index in [0.717, 1.165) is 18.4 Å². The number of anilines is 1. The van der Waals surface area contributed by atoms with Gasteiger partial charge in [0.25, 0.3) is 0 Å². The molecule has 1 fully saturated rings. The van der Waals surface area contributed by atoms with Crippen LogP contribution in [0.5, 0.6) is 0 Å². The molecule has 9 nitrogen and oxygen atoms in total. The van der Waals surface area contributed by atoms with Crippen LogP contribution in [0.4, 0.5) is 5.69 Å². The average molecular weight is 414 g/mol. The van der Waals surface area contributed by atoms with Crippen LogP contribution >= 0.6 is 0 Å². The van der Waals surface area contributed by atoms with Gasteiger partial charge in [-0.3, -0.25) is 9.78 Å². The number of pyridine rings is 1. The fourth-order valence-corrected chi connectivity index (χ4v) is 4.94. The zero-order valence-electron chi connectivity index (χ0n) is 15.9. The summed E-state index contributed by atoms with van der Waals surface area (Å²) >= 11 is 0. The summed E-state index contributed by atoms with van der Waals surface area (Å²) in [6, 6.07) is 8.37. The van der Waals surface area contributed by atoms with Crippen molar-refractivity contribution >= 4 is 32.7 Å². The number of fused-ring (bicyclic) bond motifs is 1. The van der Waals surface area contributed by atoms with Crippen LogP contribution in [-0.2, 0) is 21.4 Å². The van der Waals surface area contributed by atoms with Crippen LogP contribution in [0.15, 0.2) is 47.6 Å². The molecule has 29 heavy (non-hydrogen) atoms. The van der Waals surface area contributed by atoms with Gasteiger partial charge < -0.3 is 5.32 Å². The highest BCUT2D eigenvalue weighted by atomic mass is 32.2. The zero-order chi connectivity index (χ0) is 20.3. The molecule has 2 aromatic heterocycles. The fourth-order valence-electron chi connectivity index (χ4n) is 3.40. The van der Waals surface area contributed by atoms with Crippen LogP contribution in [0.2, 0.25) is 0 Å². The number of hydrogen-bond acceptors (Lipinski definition) is 6. The summed E-state index contributed by atoms with van der Waals surface area (Å²) < 4.78 is 28.6. The third-order valence-corrected chi connectivity index (χ3v) is 6.82. The molecule has 1 aliphatic heterocycles. The third-order valence-electron chi connectivity index (χ3n) is 4.93. The quantitative estimate of drug-likeness (QED) is 0.633. The second-order valence-electron chi connectivity index (χ2n) is 6.96. The molecule has 1 amide bonds. The zero-order valence-corrected chi connectivity index (χ0v) is 16.7. The number of aryl methyl sites for hydroxylation is 1. The highest BCUT2D eigenvalue weighted by Crippen LogP contribution is 2.23. The number of benzene rings is 1. The van der Waals surface area contributed by atoms with Crippen LogP contribution < -0.4 is 5.32 Å². The van der Waals surface area contributed by atoms with Gasteiger partial charge in [-0.15, -0.1) is 5.10 Å². The number of aromatic nitrogens is 4. The minimum absolute atomic E-state index is 0.0837. The van der Waals surface area contributed by atoms with Gasteiger partial charge >= 0.3 is 0 Å². The predicted octanol–water partition coefficient (Wildman–Crippen LogP) is 2.03. The van der Waals surface area contributed by atoms with Gasteiger partial charge in [0.15, 0.2) is 0 Å². The number of nitrogens with one attached hydrogen (secondary N) is 1. The standard InChI is InChI=1S/C19H22N6O3S/c26-19(21-15-7-9-20-10-8-15)4-3-13-25-18-6-5-16(14-17(18)22-23-25)29(27,28)24-11-1-2-12-24/h5-10,14H,1-4,11-13H2,(H,20,21,26). The lowest BCUT2D eigenvalue weighted by Gasteiger charge is -2.15. The van der Waals surface area contributed by atoms with Gasteiger partial charge in [-0.1, -0.05) is 5.21 Å². The molecular formula is C19H22N6O3S. The fraction of sp³-hybridized carbons (Fsp3) is 0.368. The second kappa shape index (κ2) is 8.26. The lowest BCUT2D eigenvalue weighted by atomic mass is 10.2. The molecule has 1 saturated heterocycles. The van der Waals surface area contributed by atoms with Crippen molar-refractivity contribution in [3.63, 3.8) is 0 Å². The summed E-state index contributed by atoms with van der Waals surface area (Å²) in [5.41, 5.74) is 1.99. The SMILES string of the molecule is O=C(CCCn1nnc2cc(S(=O)(=O)N3CCCC3)ccc21)Nc1ccncc1. The topological polar surface area (TPSA) is 110 Å². The van der Waals surface area contributed by atoms with E-state index >= 15 is 0 Å². The Hall–Kier alpha value is -2.85. The number of rotatable bonds is 7. The van der Waals surface area contributed by atoms with Gasteiger partial charge in [0.1, 0.15) is 5.52 Å². The number of nitrogens with zero attached hydrogens (tertiary/aromatic N) is 5. The average Bonchev–Trinajstić information content (AvgIpc) is 3.39. The van der Waals surface area contributed by atoms with Crippen molar-refractivity contribution in [2.45, 2.75) is 37.1 Å². The number of carbonyl (C=O) groups excluding carboxylic acids is 1. The largest absolute Gasteiger partial charge is 0.326 e. The number of amides is 1. The molecule has 0 bridgehead atoms. The predicted molar refractivity (Wildman–Crippen MR) is 108 cm³/mol. The monoisotopic (exact) mass is 414 g/mol. The van der Waals surface area contributed by atoms with Gasteiger partial charge in [-0.2, -0.15) is 4.31 Å². The number of sulfonamides is 1. The molecule has 4 rings (SSSR count). The number of hydrogen-bond donors (Lipinski definition) is 1. The molecule has 0 spiro atoms. The van der Waals surface area contributed by atoms with E-state index in [1.54, 1.807) is 47.4 Å². The first kappa shape index (κ1) is 19.5. The summed E-state index contributed by atoms with van der Waals surface area (Å²) in [6.45, 7) is 1.64. The Kier molecular flexibility index (Phi) is 5.54. The highest BCUT2D eigenvalue weighted by Gasteiger charge is 2.27. The van der Waals surface area contributed by atoms with Crippen LogP contribution in [0, 0.1) is 0 Å². The van der Waals surface area contributed by atoms with E-state index in [4.69, 9.17) is 0 Å². The Morgan fingerprint density at radius 3 is 2.62 bits per heavy atom. The second-order valence-corrected chi connectivity index (χ2v) is 8.90. The van der Waals surface area contributed by atoms with Crippen LogP contribution in [0.25, 0.3) is 11.0 Å². The van der Waals surface area contributed by atoms with E-state index in [1.165, 1.54) is 4.31 Å². The molecule has 1 aromatic carbocycles. The molecule has 152 valence electrons. The molecule has 1 N–H and O–H groups in total. The summed E-state index contributed by atoms with van der Waals surface area (Å²) in [4.78, 5) is 16.2. The minimum Gasteiger partial charge on any atom is -0.326 e. The molecule has 3 heterocycles. The summed E-state index contributed by atoms with van der Waals surface area (Å²) in [5, 5.41) is 11.0. The van der Waals surface area contributed by atoms with Crippen LogP contribution in [-0.4, -0.2) is 51.7 Å². The minimum atomic E-state index is -3.48. The lowest BCUT2D eigenvalue weighted by molar-refractivity contribution is -0.116. The first-order chi connectivity index (χ1) is 14.0. The molecule has 0 atom stereocenters. The Labute approximate surface area is 168 Å². The Bertz CT molecular complexity index is 1110. The van der Waals surface area contributed by atoms with E-state index in [2.05, 4.69) is 20.6 Å². The van der Waals surface area contributed by atoms with Crippen molar-refractivity contribution in [1.82, 2.24) is 24.3 Å². The molecule has 3 aromatic rings. The first-order valence-electron chi connectivity index (χ1n) is 9.57. The summed E-state index contributed by atoms with van der Waals surface area (Å²) in [7, 11) is -3.48. The highest BCUT2D eigenvalue weighted by molar-refractivity contribution is 7.89. The molecule has 10 heteroatoms. The van der Waals surface area contributed by atoms with Gasteiger partial charge in [0.05, 0.1) is 10.4 Å². The molecule has 1 aliphatic rings. The third kappa shape index (κ3) is 4.28. The van der Waals surface area contributed by atoms with E-state index in [1.807, 2.05) is 0 Å². The summed E-state index contributed by atoms with van der Waals surface area (Å²) in [5.74, 6) is -0.0837. The van der Waals surface area contributed by atoms with Crippen molar-refractivity contribution in [2.24, 2.45) is 0 Å². The van der Waals surface area contributed by atoms with Gasteiger partial charge in [0, 0.05) is 44.1 Å². The Morgan fingerprint density at radius 2 is 1.86 bits per heavy atom. The Morgan fingerprint density at radius 1 is 1.10 bits per heavy atom. The molecule has 0 saturated carbocycles. The molecular weight excluding hydrogens is 392 g/mol. The number of carbonyl (C=O) groups is 1. The van der Waals surface area contributed by atoms with Crippen molar-refractivity contribution in [2.75, 3.05) is 18.4 Å². The first-order valence-corrected chi connectivity index (χ1v) is 11.0. The molecule has 0 unspecified atom stereocenters. The van der Waals surface area contributed by atoms with E-state index in [9.17, 15) is 13.2 Å². The van der Waals surface area contributed by atoms with Gasteiger partial charge in [0.2, 0.25) is 15.9 Å². The van der Waals surface area contributed by atoms with Crippen molar-refractivity contribution in [1.29, 1.82) is 0 Å². The lowest BCUT2D eigenvalue weighted by Crippen LogP contribution is -2.27. The molecule has 0 aliphatic carbocycles. The maximum Gasteiger partial charge on any atom is 0.243 e. The van der Waals surface area contributed by atoms with Crippen molar-refractivity contribution in [3.8, 4) is 0 Å². The summed E-state index contributed by atoms with van der Waals surface area (Å²) in [6.07, 6.45) is 5.96. The molecule has 0 radical (unpaired) electrons. The van der Waals surface area contributed by atoms with Gasteiger partial charge in [-0.05, 0) is 49.6 Å². The maximum absolute atomic E-state index is 12.7. The van der Waals surface area contributed by atoms with Crippen LogP contribution in [0.3, 0.4) is 0 Å². The van der Waals surface area contributed by atoms with E-state index in [0.29, 0.717) is 43.7 Å². The van der Waals surface area contributed by atoms with Crippen molar-refractivity contribution < 1.29 is 13.2 Å². The Balaban J connectivity index is 1.39. The smallest absolute Gasteiger partial charge is 0.243 e. The van der Waals surface area contributed by atoms with E-state index < -0.39 is 10.0 Å². The normalized spacial score (nSPS) is 15.0. The maximum atomic E-state index is 12.7. The van der Waals surface area contributed by atoms with Crippen LogP contribution in [0.1, 0.15) is 25.7 Å².